The van der Waals surface area contributed by atoms with Gasteiger partial charge in [-0.15, -0.1) is 0 Å². The highest BCUT2D eigenvalue weighted by Crippen LogP contribution is 2.46. The lowest BCUT2D eigenvalue weighted by molar-refractivity contribution is 0.0229. The first kappa shape index (κ1) is 35.1. The number of aromatic amines is 2. The zero-order chi connectivity index (χ0) is 36.4. The van der Waals surface area contributed by atoms with Gasteiger partial charge in [0.25, 0.3) is 0 Å². The largest absolute Gasteiger partial charge is 0.465 e. The van der Waals surface area contributed by atoms with E-state index < -0.39 is 5.60 Å². The van der Waals surface area contributed by atoms with Gasteiger partial charge >= 0.3 is 6.09 Å². The summed E-state index contributed by atoms with van der Waals surface area (Å²) < 4.78 is 14.8. The van der Waals surface area contributed by atoms with E-state index in [1.165, 1.54) is 12.8 Å². The minimum atomic E-state index is -0.568. The summed E-state index contributed by atoms with van der Waals surface area (Å²) >= 11 is 0. The van der Waals surface area contributed by atoms with Crippen LogP contribution < -0.4 is 4.74 Å². The van der Waals surface area contributed by atoms with Gasteiger partial charge in [0, 0.05) is 40.1 Å². The summed E-state index contributed by atoms with van der Waals surface area (Å²) in [6.07, 6.45) is 8.56. The van der Waals surface area contributed by atoms with Crippen molar-refractivity contribution in [2.45, 2.75) is 97.9 Å². The lowest BCUT2D eigenvalue weighted by Gasteiger charge is -2.30. The van der Waals surface area contributed by atoms with Gasteiger partial charge in [0.2, 0.25) is 6.23 Å². The Balaban J connectivity index is 1.22. The summed E-state index contributed by atoms with van der Waals surface area (Å²) in [6.45, 7) is 13.1. The van der Waals surface area contributed by atoms with Crippen LogP contribution in [0.15, 0.2) is 85.2 Å². The van der Waals surface area contributed by atoms with Crippen LogP contribution in [0.1, 0.15) is 103 Å². The molecule has 2 atom stereocenters. The Kier molecular flexibility index (Phi) is 9.95. The molecule has 4 heterocycles. The average Bonchev–Trinajstić information content (AvgIpc) is 3.90. The normalized spacial score (nSPS) is 14.5. The summed E-state index contributed by atoms with van der Waals surface area (Å²) in [5, 5.41) is 1.14. The van der Waals surface area contributed by atoms with Gasteiger partial charge in [-0.2, -0.15) is 0 Å². The molecule has 0 bridgehead atoms. The zero-order valence-electron chi connectivity index (χ0n) is 31.2. The summed E-state index contributed by atoms with van der Waals surface area (Å²) in [4.78, 5) is 31.1. The van der Waals surface area contributed by atoms with Crippen LogP contribution >= 0.6 is 0 Å². The molecule has 2 N–H and O–H groups in total. The number of imidazole rings is 2. The maximum absolute atomic E-state index is 12.9. The number of fused-ring (bicyclic) bond motifs is 5. The maximum atomic E-state index is 12.9. The molecule has 1 amide bonds. The van der Waals surface area contributed by atoms with E-state index in [4.69, 9.17) is 14.5 Å². The quantitative estimate of drug-likeness (QED) is 0.132. The van der Waals surface area contributed by atoms with Crippen LogP contribution in [-0.2, 0) is 11.3 Å². The third-order valence-corrected chi connectivity index (χ3v) is 9.77. The second-order valence-electron chi connectivity index (χ2n) is 14.8. The summed E-state index contributed by atoms with van der Waals surface area (Å²) in [5.41, 5.74) is 7.70. The lowest BCUT2D eigenvalue weighted by Crippen LogP contribution is -2.37. The number of unbranched alkanes of at least 4 members (excludes halogenated alkanes) is 1. The molecule has 7 rings (SSSR count). The smallest absolute Gasteiger partial charge is 0.410 e. The van der Waals surface area contributed by atoms with Crippen molar-refractivity contribution in [1.29, 1.82) is 0 Å². The second-order valence-corrected chi connectivity index (χ2v) is 14.8. The van der Waals surface area contributed by atoms with Crippen molar-refractivity contribution in [3.05, 3.63) is 102 Å². The molecule has 1 aliphatic heterocycles. The van der Waals surface area contributed by atoms with Gasteiger partial charge in [-0.05, 0) is 70.4 Å². The predicted molar refractivity (Wildman–Crippen MR) is 207 cm³/mol. The number of nitrogens with zero attached hydrogens (tertiary/aromatic N) is 4. The van der Waals surface area contributed by atoms with Crippen molar-refractivity contribution >= 4 is 17.0 Å². The number of ether oxygens (including phenoxy) is 2. The number of nitrogens with one attached hydrogen (secondary N) is 2. The monoisotopic (exact) mass is 698 g/mol. The van der Waals surface area contributed by atoms with Crippen LogP contribution in [0.4, 0.5) is 4.79 Å². The molecule has 0 radical (unpaired) electrons. The fraction of sp³-hybridized carbons (Fsp3) is 0.372. The fourth-order valence-corrected chi connectivity index (χ4v) is 7.15. The molecule has 1 aliphatic rings. The summed E-state index contributed by atoms with van der Waals surface area (Å²) in [6, 6.07) is 25.6. The van der Waals surface area contributed by atoms with Gasteiger partial charge in [0.1, 0.15) is 23.0 Å². The van der Waals surface area contributed by atoms with E-state index >= 15 is 0 Å². The van der Waals surface area contributed by atoms with Crippen LogP contribution in [0.5, 0.6) is 5.75 Å². The van der Waals surface area contributed by atoms with Crippen LogP contribution in [-0.4, -0.2) is 47.6 Å². The van der Waals surface area contributed by atoms with Crippen LogP contribution in [0, 0.1) is 0 Å². The summed E-state index contributed by atoms with van der Waals surface area (Å²) in [5.74, 6) is 3.03. The molecular formula is C43H50N6O3. The Labute approximate surface area is 306 Å². The van der Waals surface area contributed by atoms with Crippen LogP contribution in [0.3, 0.4) is 0 Å². The molecule has 0 saturated carbocycles. The number of carbonyl (C=O) groups excluding carboxylic acids is 1. The minimum Gasteiger partial charge on any atom is -0.465 e. The van der Waals surface area contributed by atoms with Crippen LogP contribution in [0.25, 0.3) is 44.7 Å². The van der Waals surface area contributed by atoms with E-state index in [1.807, 2.05) is 46.2 Å². The molecule has 0 saturated heterocycles. The van der Waals surface area contributed by atoms with E-state index in [0.29, 0.717) is 24.8 Å². The Hall–Kier alpha value is -5.31. The summed E-state index contributed by atoms with van der Waals surface area (Å²) in [7, 11) is 0. The number of benzene rings is 3. The Morgan fingerprint density at radius 1 is 0.923 bits per heavy atom. The van der Waals surface area contributed by atoms with E-state index in [9.17, 15) is 4.79 Å². The van der Waals surface area contributed by atoms with E-state index in [1.54, 1.807) is 4.90 Å². The lowest BCUT2D eigenvalue weighted by atomic mass is 9.99. The number of carbonyl (C=O) groups is 1. The standard InChI is InChI=1S/C43H50N6O3/c1-7-10-14-28(9-3)40-45-26-35(47-40)30-18-20-36-32(22-30)23-37-33-19-17-31(24-38(33)51-41(49(36)37)29-15-12-11-13-16-29)34-25-44-39(46-34)27-48(21-8-2)42(50)52-43(4,5)6/h11-13,15-20,22-26,28,41H,7-10,14,21,27H2,1-6H3,(H,44,46)(H,45,47)/t28-,41-/m0/s1. The Bertz CT molecular complexity index is 2150. The van der Waals surface area contributed by atoms with Gasteiger partial charge in [-0.1, -0.05) is 76.1 Å². The molecule has 0 aliphatic carbocycles. The van der Waals surface area contributed by atoms with Gasteiger partial charge in [-0.25, -0.2) is 14.8 Å². The van der Waals surface area contributed by atoms with E-state index in [-0.39, 0.29) is 12.3 Å². The number of amides is 1. The van der Waals surface area contributed by atoms with Crippen LogP contribution in [0.2, 0.25) is 0 Å². The highest BCUT2D eigenvalue weighted by Gasteiger charge is 2.30. The van der Waals surface area contributed by atoms with Crippen molar-refractivity contribution in [3.8, 4) is 39.5 Å². The first-order valence-electron chi connectivity index (χ1n) is 18.7. The SMILES string of the molecule is CCCC[C@H](CC)c1ncc(-c2ccc3c(c2)cc2n3[C@H](c3ccccc3)Oc3cc(-c4cnc(CN(CCC)C(=O)OC(C)(C)C)[nH]4)ccc3-2)[nH]1. The molecule has 0 spiro atoms. The fourth-order valence-electron chi connectivity index (χ4n) is 7.15. The number of H-pyrrole nitrogens is 2. The highest BCUT2D eigenvalue weighted by molar-refractivity contribution is 5.92. The zero-order valence-corrected chi connectivity index (χ0v) is 31.2. The minimum absolute atomic E-state index is 0.334. The third-order valence-electron chi connectivity index (χ3n) is 9.77. The number of hydrogen-bond donors (Lipinski definition) is 2. The van der Waals surface area contributed by atoms with Gasteiger partial charge in [0.05, 0.1) is 41.5 Å². The van der Waals surface area contributed by atoms with Crippen molar-refractivity contribution < 1.29 is 14.3 Å². The van der Waals surface area contributed by atoms with Gasteiger partial charge < -0.3 is 28.9 Å². The maximum Gasteiger partial charge on any atom is 0.410 e. The van der Waals surface area contributed by atoms with E-state index in [0.717, 1.165) is 81.1 Å². The molecule has 9 nitrogen and oxygen atoms in total. The highest BCUT2D eigenvalue weighted by atomic mass is 16.6. The number of rotatable bonds is 12. The topological polar surface area (TPSA) is 101 Å². The molecule has 9 heteroatoms. The molecule has 6 aromatic rings. The van der Waals surface area contributed by atoms with Crippen molar-refractivity contribution in [3.63, 3.8) is 0 Å². The number of aromatic nitrogens is 5. The van der Waals surface area contributed by atoms with Crippen molar-refractivity contribution in [2.24, 2.45) is 0 Å². The first-order valence-corrected chi connectivity index (χ1v) is 18.7. The third kappa shape index (κ3) is 7.22. The van der Waals surface area contributed by atoms with Gasteiger partial charge in [-0.3, -0.25) is 0 Å². The van der Waals surface area contributed by atoms with Crippen molar-refractivity contribution in [1.82, 2.24) is 29.4 Å². The number of hydrogen-bond acceptors (Lipinski definition) is 5. The molecule has 0 unspecified atom stereocenters. The molecule has 3 aromatic heterocycles. The molecule has 3 aromatic carbocycles. The van der Waals surface area contributed by atoms with Crippen molar-refractivity contribution in [2.75, 3.05) is 6.54 Å². The molecular weight excluding hydrogens is 649 g/mol. The molecule has 0 fully saturated rings. The average molecular weight is 699 g/mol. The first-order chi connectivity index (χ1) is 25.1. The van der Waals surface area contributed by atoms with Gasteiger partial charge in [0.15, 0.2) is 0 Å². The Morgan fingerprint density at radius 2 is 1.67 bits per heavy atom. The Morgan fingerprint density at radius 3 is 2.42 bits per heavy atom. The predicted octanol–water partition coefficient (Wildman–Crippen LogP) is 10.9. The van der Waals surface area contributed by atoms with E-state index in [2.05, 4.69) is 100 Å². The molecule has 270 valence electrons. The second kappa shape index (κ2) is 14.7. The molecule has 52 heavy (non-hydrogen) atoms.